The van der Waals surface area contributed by atoms with Crippen LogP contribution < -0.4 is 5.32 Å². The molecule has 2 aromatic carbocycles. The van der Waals surface area contributed by atoms with Gasteiger partial charge in [0.15, 0.2) is 0 Å². The van der Waals surface area contributed by atoms with Crippen LogP contribution in [0.1, 0.15) is 34.0 Å². The van der Waals surface area contributed by atoms with E-state index in [1.807, 2.05) is 13.0 Å². The molecule has 0 aliphatic rings. The first-order chi connectivity index (χ1) is 12.0. The first-order valence-electron chi connectivity index (χ1n) is 8.20. The first kappa shape index (κ1) is 19.1. The van der Waals surface area contributed by atoms with Gasteiger partial charge < -0.3 is 10.1 Å². The van der Waals surface area contributed by atoms with Crippen LogP contribution in [0, 0.1) is 13.8 Å². The van der Waals surface area contributed by atoms with Gasteiger partial charge in [0.1, 0.15) is 0 Å². The predicted octanol–water partition coefficient (Wildman–Crippen LogP) is 4.35. The normalized spacial score (nSPS) is 10.4. The molecule has 0 aliphatic carbocycles. The molecule has 0 aliphatic heterocycles. The summed E-state index contributed by atoms with van der Waals surface area (Å²) in [5.74, 6) is 0.782. The molecule has 0 saturated carbocycles. The Morgan fingerprint density at radius 3 is 2.60 bits per heavy atom. The highest BCUT2D eigenvalue weighted by Gasteiger charge is 2.10. The number of rotatable bonds is 7. The number of nitrogens with one attached hydrogen (secondary N) is 1. The van der Waals surface area contributed by atoms with E-state index in [2.05, 4.69) is 30.4 Å². The zero-order chi connectivity index (χ0) is 18.2. The van der Waals surface area contributed by atoms with Gasteiger partial charge in [-0.1, -0.05) is 29.8 Å². The van der Waals surface area contributed by atoms with E-state index in [1.165, 1.54) is 11.1 Å². The molecular formula is C20H23NO3S. The van der Waals surface area contributed by atoms with Crippen LogP contribution in [0.25, 0.3) is 0 Å². The molecule has 1 N–H and O–H groups in total. The number of hydrogen-bond acceptors (Lipinski definition) is 4. The van der Waals surface area contributed by atoms with E-state index in [1.54, 1.807) is 36.9 Å². The average Bonchev–Trinajstić information content (AvgIpc) is 2.57. The van der Waals surface area contributed by atoms with E-state index >= 15 is 0 Å². The number of benzene rings is 2. The van der Waals surface area contributed by atoms with E-state index in [-0.39, 0.29) is 11.9 Å². The van der Waals surface area contributed by atoms with Gasteiger partial charge >= 0.3 is 5.97 Å². The Morgan fingerprint density at radius 1 is 1.12 bits per heavy atom. The number of anilines is 1. The van der Waals surface area contributed by atoms with Crippen LogP contribution in [0.3, 0.4) is 0 Å². The Labute approximate surface area is 153 Å². The molecule has 0 atom stereocenters. The average molecular weight is 357 g/mol. The Kier molecular flexibility index (Phi) is 7.07. The third kappa shape index (κ3) is 5.94. The van der Waals surface area contributed by atoms with Crippen molar-refractivity contribution in [3.63, 3.8) is 0 Å². The van der Waals surface area contributed by atoms with Crippen molar-refractivity contribution in [2.45, 2.75) is 26.5 Å². The van der Waals surface area contributed by atoms with Crippen LogP contribution in [-0.4, -0.2) is 24.2 Å². The van der Waals surface area contributed by atoms with E-state index in [0.717, 1.165) is 11.3 Å². The molecule has 0 fully saturated rings. The molecule has 0 unspecified atom stereocenters. The van der Waals surface area contributed by atoms with Crippen molar-refractivity contribution in [1.82, 2.24) is 0 Å². The maximum Gasteiger partial charge on any atom is 0.338 e. The lowest BCUT2D eigenvalue weighted by molar-refractivity contribution is -0.113. The second-order valence-corrected chi connectivity index (χ2v) is 6.77. The lowest BCUT2D eigenvalue weighted by atomic mass is 10.1. The second kappa shape index (κ2) is 9.28. The molecule has 5 heteroatoms. The number of esters is 1. The van der Waals surface area contributed by atoms with E-state index < -0.39 is 0 Å². The van der Waals surface area contributed by atoms with Crippen LogP contribution in [0.15, 0.2) is 42.5 Å². The summed E-state index contributed by atoms with van der Waals surface area (Å²) in [6, 6.07) is 13.4. The van der Waals surface area contributed by atoms with Gasteiger partial charge in [-0.15, -0.1) is 11.8 Å². The lowest BCUT2D eigenvalue weighted by Crippen LogP contribution is -2.15. The third-order valence-corrected chi connectivity index (χ3v) is 4.60. The smallest absolute Gasteiger partial charge is 0.338 e. The monoisotopic (exact) mass is 357 g/mol. The highest BCUT2D eigenvalue weighted by atomic mass is 32.2. The minimum Gasteiger partial charge on any atom is -0.462 e. The molecule has 0 aromatic heterocycles. The van der Waals surface area contributed by atoms with Gasteiger partial charge in [-0.3, -0.25) is 4.79 Å². The largest absolute Gasteiger partial charge is 0.462 e. The highest BCUT2D eigenvalue weighted by molar-refractivity contribution is 7.99. The number of aryl methyl sites for hydroxylation is 2. The molecule has 2 aromatic rings. The molecule has 0 spiro atoms. The molecule has 0 radical (unpaired) electrons. The van der Waals surface area contributed by atoms with Gasteiger partial charge in [0.05, 0.1) is 17.9 Å². The molecule has 0 heterocycles. The van der Waals surface area contributed by atoms with E-state index in [0.29, 0.717) is 23.6 Å². The van der Waals surface area contributed by atoms with Crippen molar-refractivity contribution in [1.29, 1.82) is 0 Å². The molecule has 132 valence electrons. The van der Waals surface area contributed by atoms with Crippen LogP contribution in [0.4, 0.5) is 5.69 Å². The summed E-state index contributed by atoms with van der Waals surface area (Å²) in [6.07, 6.45) is 0. The summed E-state index contributed by atoms with van der Waals surface area (Å²) >= 11 is 1.58. The summed E-state index contributed by atoms with van der Waals surface area (Å²) in [7, 11) is 0. The Morgan fingerprint density at radius 2 is 1.92 bits per heavy atom. The quantitative estimate of drug-likeness (QED) is 0.749. The summed E-state index contributed by atoms with van der Waals surface area (Å²) in [6.45, 7) is 6.03. The number of ether oxygens (including phenoxy) is 1. The van der Waals surface area contributed by atoms with Gasteiger partial charge in [-0.05, 0) is 50.1 Å². The molecule has 25 heavy (non-hydrogen) atoms. The minimum absolute atomic E-state index is 0.0513. The summed E-state index contributed by atoms with van der Waals surface area (Å²) in [5.41, 5.74) is 4.48. The Bertz CT molecular complexity index is 758. The van der Waals surface area contributed by atoms with Crippen molar-refractivity contribution in [3.8, 4) is 0 Å². The number of amides is 1. The Hall–Kier alpha value is -2.27. The van der Waals surface area contributed by atoms with Crippen molar-refractivity contribution in [2.24, 2.45) is 0 Å². The first-order valence-corrected chi connectivity index (χ1v) is 9.36. The maximum atomic E-state index is 12.1. The Balaban J connectivity index is 1.86. The third-order valence-electron chi connectivity index (χ3n) is 3.60. The molecule has 0 bridgehead atoms. The fourth-order valence-electron chi connectivity index (χ4n) is 2.40. The molecular weight excluding hydrogens is 334 g/mol. The molecule has 1 amide bonds. The SMILES string of the molecule is CCOC(=O)c1ccc(NC(=O)CSCc2cccc(C)c2)c(C)c1. The van der Waals surface area contributed by atoms with Crippen molar-refractivity contribution >= 4 is 29.3 Å². The second-order valence-electron chi connectivity index (χ2n) is 5.78. The molecule has 2 rings (SSSR count). The van der Waals surface area contributed by atoms with Crippen LogP contribution >= 0.6 is 11.8 Å². The molecule has 0 saturated heterocycles. The standard InChI is InChI=1S/C20H23NO3S/c1-4-24-20(23)17-8-9-18(15(3)11-17)21-19(22)13-25-12-16-7-5-6-14(2)10-16/h5-11H,4,12-13H2,1-3H3,(H,21,22). The predicted molar refractivity (Wildman–Crippen MR) is 103 cm³/mol. The maximum absolute atomic E-state index is 12.1. The van der Waals surface area contributed by atoms with Crippen LogP contribution in [0.5, 0.6) is 0 Å². The summed E-state index contributed by atoms with van der Waals surface area (Å²) in [4.78, 5) is 23.8. The van der Waals surface area contributed by atoms with Crippen LogP contribution in [-0.2, 0) is 15.3 Å². The highest BCUT2D eigenvalue weighted by Crippen LogP contribution is 2.19. The molecule has 4 nitrogen and oxygen atoms in total. The van der Waals surface area contributed by atoms with E-state index in [9.17, 15) is 9.59 Å². The van der Waals surface area contributed by atoms with Crippen molar-refractivity contribution < 1.29 is 14.3 Å². The van der Waals surface area contributed by atoms with Gasteiger partial charge in [0, 0.05) is 11.4 Å². The van der Waals surface area contributed by atoms with Gasteiger partial charge in [0.25, 0.3) is 0 Å². The lowest BCUT2D eigenvalue weighted by Gasteiger charge is -2.10. The number of carbonyl (C=O) groups excluding carboxylic acids is 2. The van der Waals surface area contributed by atoms with Gasteiger partial charge in [-0.25, -0.2) is 4.79 Å². The van der Waals surface area contributed by atoms with Gasteiger partial charge in [0.2, 0.25) is 5.91 Å². The fraction of sp³-hybridized carbons (Fsp3) is 0.300. The topological polar surface area (TPSA) is 55.4 Å². The van der Waals surface area contributed by atoms with E-state index in [4.69, 9.17) is 4.74 Å². The zero-order valence-electron chi connectivity index (χ0n) is 14.8. The number of thioether (sulfide) groups is 1. The van der Waals surface area contributed by atoms with Crippen LogP contribution in [0.2, 0.25) is 0 Å². The fourth-order valence-corrected chi connectivity index (χ4v) is 3.17. The number of carbonyl (C=O) groups is 2. The summed E-state index contributed by atoms with van der Waals surface area (Å²) < 4.78 is 4.98. The minimum atomic E-state index is -0.350. The van der Waals surface area contributed by atoms with Crippen molar-refractivity contribution in [3.05, 3.63) is 64.7 Å². The zero-order valence-corrected chi connectivity index (χ0v) is 15.6. The summed E-state index contributed by atoms with van der Waals surface area (Å²) in [5, 5.41) is 2.89. The van der Waals surface area contributed by atoms with Gasteiger partial charge in [-0.2, -0.15) is 0 Å². The number of hydrogen-bond donors (Lipinski definition) is 1. The van der Waals surface area contributed by atoms with Crippen molar-refractivity contribution in [2.75, 3.05) is 17.7 Å².